The number of nitriles is 1. The lowest BCUT2D eigenvalue weighted by atomic mass is 10.1. The number of nitrogens with zero attached hydrogens (tertiary/aromatic N) is 1. The summed E-state index contributed by atoms with van der Waals surface area (Å²) in [6, 6.07) is 11.8. The average molecular weight is 284 g/mol. The van der Waals surface area contributed by atoms with E-state index in [0.717, 1.165) is 11.4 Å². The Kier molecular flexibility index (Phi) is 3.61. The summed E-state index contributed by atoms with van der Waals surface area (Å²) in [5.74, 6) is 1.01. The third-order valence-corrected chi connectivity index (χ3v) is 3.13. The predicted molar refractivity (Wildman–Crippen MR) is 75.9 cm³/mol. The third kappa shape index (κ3) is 3.06. The van der Waals surface area contributed by atoms with E-state index in [1.54, 1.807) is 6.07 Å². The first-order valence-corrected chi connectivity index (χ1v) is 6.58. The number of hydrogen-bond acceptors (Lipinski definition) is 4. The maximum atomic E-state index is 13.4. The number of halogens is 1. The zero-order valence-corrected chi connectivity index (χ0v) is 11.2. The summed E-state index contributed by atoms with van der Waals surface area (Å²) in [4.78, 5) is 0. The van der Waals surface area contributed by atoms with Crippen LogP contribution in [-0.4, -0.2) is 13.2 Å². The molecule has 0 atom stereocenters. The predicted octanol–water partition coefficient (Wildman–Crippen LogP) is 3.08. The van der Waals surface area contributed by atoms with Gasteiger partial charge in [0.2, 0.25) is 0 Å². The lowest BCUT2D eigenvalue weighted by molar-refractivity contribution is 0.171. The highest BCUT2D eigenvalue weighted by atomic mass is 19.1. The minimum atomic E-state index is -0.409. The van der Waals surface area contributed by atoms with E-state index in [-0.39, 0.29) is 0 Å². The summed E-state index contributed by atoms with van der Waals surface area (Å²) in [7, 11) is 0. The van der Waals surface area contributed by atoms with E-state index >= 15 is 0 Å². The molecule has 2 aromatic carbocycles. The lowest BCUT2D eigenvalue weighted by Gasteiger charge is -2.19. The van der Waals surface area contributed by atoms with Crippen molar-refractivity contribution in [1.29, 1.82) is 5.26 Å². The Labute approximate surface area is 121 Å². The molecule has 0 aliphatic carbocycles. The Morgan fingerprint density at radius 3 is 2.71 bits per heavy atom. The number of rotatable bonds is 3. The monoisotopic (exact) mass is 284 g/mol. The van der Waals surface area contributed by atoms with Gasteiger partial charge in [0, 0.05) is 18.3 Å². The van der Waals surface area contributed by atoms with Gasteiger partial charge in [-0.2, -0.15) is 5.26 Å². The highest BCUT2D eigenvalue weighted by Crippen LogP contribution is 2.32. The van der Waals surface area contributed by atoms with Crippen LogP contribution in [0.2, 0.25) is 0 Å². The number of ether oxygens (including phenoxy) is 2. The van der Waals surface area contributed by atoms with Gasteiger partial charge in [0.1, 0.15) is 19.0 Å². The molecule has 0 saturated carbocycles. The summed E-state index contributed by atoms with van der Waals surface area (Å²) in [5, 5.41) is 12.0. The van der Waals surface area contributed by atoms with E-state index in [1.807, 2.05) is 24.3 Å². The molecule has 0 amide bonds. The number of nitrogens with one attached hydrogen (secondary N) is 1. The Morgan fingerprint density at radius 2 is 1.90 bits per heavy atom. The molecule has 2 aromatic rings. The van der Waals surface area contributed by atoms with Gasteiger partial charge in [0.05, 0.1) is 11.6 Å². The zero-order chi connectivity index (χ0) is 14.7. The van der Waals surface area contributed by atoms with Crippen LogP contribution in [0, 0.1) is 17.1 Å². The van der Waals surface area contributed by atoms with Crippen molar-refractivity contribution in [2.24, 2.45) is 0 Å². The van der Waals surface area contributed by atoms with Crippen molar-refractivity contribution in [3.8, 4) is 17.6 Å². The van der Waals surface area contributed by atoms with Crippen molar-refractivity contribution in [2.75, 3.05) is 18.5 Å². The van der Waals surface area contributed by atoms with Gasteiger partial charge < -0.3 is 14.8 Å². The van der Waals surface area contributed by atoms with Gasteiger partial charge in [0.25, 0.3) is 0 Å². The number of fused-ring (bicyclic) bond motifs is 1. The smallest absolute Gasteiger partial charge is 0.163 e. The molecule has 0 saturated heterocycles. The van der Waals surface area contributed by atoms with Crippen molar-refractivity contribution in [2.45, 2.75) is 6.54 Å². The fraction of sp³-hybridized carbons (Fsp3) is 0.188. The molecule has 1 aliphatic rings. The van der Waals surface area contributed by atoms with Crippen molar-refractivity contribution in [1.82, 2.24) is 0 Å². The van der Waals surface area contributed by atoms with Gasteiger partial charge in [-0.15, -0.1) is 0 Å². The van der Waals surface area contributed by atoms with Crippen LogP contribution in [-0.2, 0) is 6.54 Å². The minimum absolute atomic E-state index is 0.314. The molecule has 0 unspecified atom stereocenters. The first-order valence-electron chi connectivity index (χ1n) is 6.58. The van der Waals surface area contributed by atoms with Crippen LogP contribution < -0.4 is 14.8 Å². The molecule has 1 N–H and O–H groups in total. The fourth-order valence-electron chi connectivity index (χ4n) is 2.17. The number of anilines is 1. The molecule has 1 aliphatic heterocycles. The first kappa shape index (κ1) is 13.3. The molecule has 21 heavy (non-hydrogen) atoms. The van der Waals surface area contributed by atoms with Gasteiger partial charge in [-0.3, -0.25) is 0 Å². The summed E-state index contributed by atoms with van der Waals surface area (Å²) in [6.07, 6.45) is 0. The zero-order valence-electron chi connectivity index (χ0n) is 11.2. The van der Waals surface area contributed by atoms with Crippen LogP contribution in [0.3, 0.4) is 0 Å². The highest BCUT2D eigenvalue weighted by Gasteiger charge is 2.11. The second kappa shape index (κ2) is 5.71. The molecule has 3 rings (SSSR count). The van der Waals surface area contributed by atoms with Crippen LogP contribution in [0.1, 0.15) is 11.1 Å². The first-order chi connectivity index (χ1) is 10.2. The number of benzene rings is 2. The number of hydrogen-bond donors (Lipinski definition) is 1. The molecule has 0 spiro atoms. The molecule has 0 fully saturated rings. The van der Waals surface area contributed by atoms with Crippen LogP contribution in [0.25, 0.3) is 0 Å². The van der Waals surface area contributed by atoms with Crippen LogP contribution in [0.5, 0.6) is 11.5 Å². The van der Waals surface area contributed by atoms with E-state index in [1.165, 1.54) is 12.1 Å². The summed E-state index contributed by atoms with van der Waals surface area (Å²) in [6.45, 7) is 1.51. The second-order valence-corrected chi connectivity index (χ2v) is 4.67. The summed E-state index contributed by atoms with van der Waals surface area (Å²) < 4.78 is 24.3. The molecule has 0 bridgehead atoms. The standard InChI is InChI=1S/C16H13FN2O2/c17-13-6-11(9-18)5-12(7-13)10-19-14-1-2-15-16(8-14)21-4-3-20-15/h1-2,5-8,19H,3-4,10H2. The maximum Gasteiger partial charge on any atom is 0.163 e. The summed E-state index contributed by atoms with van der Waals surface area (Å²) in [5.41, 5.74) is 1.87. The van der Waals surface area contributed by atoms with Crippen LogP contribution in [0.4, 0.5) is 10.1 Å². The van der Waals surface area contributed by atoms with Crippen LogP contribution >= 0.6 is 0 Å². The Hall–Kier alpha value is -2.74. The molecular weight excluding hydrogens is 271 g/mol. The Balaban J connectivity index is 1.73. The second-order valence-electron chi connectivity index (χ2n) is 4.67. The SMILES string of the molecule is N#Cc1cc(F)cc(CNc2ccc3c(c2)OCCO3)c1. The van der Waals surface area contributed by atoms with Gasteiger partial charge >= 0.3 is 0 Å². The lowest BCUT2D eigenvalue weighted by Crippen LogP contribution is -2.15. The molecule has 1 heterocycles. The van der Waals surface area contributed by atoms with Gasteiger partial charge in [-0.05, 0) is 35.9 Å². The molecule has 106 valence electrons. The highest BCUT2D eigenvalue weighted by molar-refractivity contribution is 5.55. The molecular formula is C16H13FN2O2. The van der Waals surface area contributed by atoms with Crippen molar-refractivity contribution in [3.63, 3.8) is 0 Å². The molecule has 5 heteroatoms. The molecule has 0 radical (unpaired) electrons. The Bertz CT molecular complexity index is 710. The van der Waals surface area contributed by atoms with Crippen molar-refractivity contribution >= 4 is 5.69 Å². The van der Waals surface area contributed by atoms with Crippen molar-refractivity contribution < 1.29 is 13.9 Å². The van der Waals surface area contributed by atoms with E-state index < -0.39 is 5.82 Å². The average Bonchev–Trinajstić information content (AvgIpc) is 2.52. The van der Waals surface area contributed by atoms with Crippen molar-refractivity contribution in [3.05, 3.63) is 53.3 Å². The minimum Gasteiger partial charge on any atom is -0.486 e. The van der Waals surface area contributed by atoms with Gasteiger partial charge in [-0.25, -0.2) is 4.39 Å². The normalized spacial score (nSPS) is 12.6. The fourth-order valence-corrected chi connectivity index (χ4v) is 2.17. The third-order valence-electron chi connectivity index (χ3n) is 3.13. The molecule has 0 aromatic heterocycles. The van der Waals surface area contributed by atoms with E-state index in [9.17, 15) is 4.39 Å². The maximum absolute atomic E-state index is 13.4. The van der Waals surface area contributed by atoms with Gasteiger partial charge in [-0.1, -0.05) is 0 Å². The largest absolute Gasteiger partial charge is 0.486 e. The quantitative estimate of drug-likeness (QED) is 0.941. The Morgan fingerprint density at radius 1 is 1.10 bits per heavy atom. The van der Waals surface area contributed by atoms with Gasteiger partial charge in [0.15, 0.2) is 11.5 Å². The van der Waals surface area contributed by atoms with Crippen LogP contribution in [0.15, 0.2) is 36.4 Å². The van der Waals surface area contributed by atoms with E-state index in [4.69, 9.17) is 14.7 Å². The van der Waals surface area contributed by atoms with E-state index in [2.05, 4.69) is 5.32 Å². The van der Waals surface area contributed by atoms with E-state index in [0.29, 0.717) is 36.6 Å². The molecule has 4 nitrogen and oxygen atoms in total. The topological polar surface area (TPSA) is 54.3 Å². The summed E-state index contributed by atoms with van der Waals surface area (Å²) >= 11 is 0.